The molecule has 0 aliphatic carbocycles. The molecule has 1 saturated heterocycles. The van der Waals surface area contributed by atoms with Crippen molar-refractivity contribution in [1.82, 2.24) is 30.9 Å². The summed E-state index contributed by atoms with van der Waals surface area (Å²) < 4.78 is 20.9. The molecule has 3 aromatic heterocycles. The third-order valence-corrected chi connectivity index (χ3v) is 8.04. The molecule has 1 aromatic carbocycles. The van der Waals surface area contributed by atoms with Gasteiger partial charge in [-0.15, -0.1) is 0 Å². The lowest BCUT2D eigenvalue weighted by atomic mass is 10.0. The predicted octanol–water partition coefficient (Wildman–Crippen LogP) is 4.90. The van der Waals surface area contributed by atoms with Gasteiger partial charge in [0, 0.05) is 79.0 Å². The zero-order chi connectivity index (χ0) is 31.9. The molecule has 4 heterocycles. The zero-order valence-electron chi connectivity index (χ0n) is 25.5. The fourth-order valence-corrected chi connectivity index (χ4v) is 5.56. The van der Waals surface area contributed by atoms with Crippen LogP contribution >= 0.6 is 11.6 Å². The van der Waals surface area contributed by atoms with Crippen LogP contribution in [0.1, 0.15) is 36.5 Å². The minimum Gasteiger partial charge on any atom is -0.481 e. The second kappa shape index (κ2) is 14.7. The number of benzene rings is 1. The number of nitrogens with one attached hydrogen (secondary N) is 4. The molecule has 4 aromatic rings. The molecule has 0 bridgehead atoms. The number of aliphatic hydroxyl groups is 1. The van der Waals surface area contributed by atoms with Crippen LogP contribution in [0.4, 0.5) is 15.9 Å². The van der Waals surface area contributed by atoms with Crippen LogP contribution in [0.3, 0.4) is 0 Å². The van der Waals surface area contributed by atoms with Gasteiger partial charge in [-0.25, -0.2) is 14.4 Å². The number of aliphatic hydroxyl groups excluding tert-OH is 1. The smallest absolute Gasteiger partial charge is 0.220 e. The van der Waals surface area contributed by atoms with Crippen LogP contribution in [-0.2, 0) is 17.9 Å². The SMILES string of the molecule is COc1nc(-c2ccnc(-c3cccc(Nc4nccc(CNC[C@H](C)O)c4F)c3C)c2Cl)ccc1CNC[C@@H]1CCC(=O)N1. The van der Waals surface area contributed by atoms with Crippen molar-refractivity contribution in [2.75, 3.05) is 25.5 Å². The number of pyridine rings is 3. The number of halogens is 2. The van der Waals surface area contributed by atoms with E-state index in [2.05, 4.69) is 31.2 Å². The van der Waals surface area contributed by atoms with Crippen molar-refractivity contribution in [2.24, 2.45) is 0 Å². The Morgan fingerprint density at radius 1 is 1.09 bits per heavy atom. The number of anilines is 2. The molecular formula is C33H37ClFN7O3. The molecule has 236 valence electrons. The first-order chi connectivity index (χ1) is 21.7. The molecule has 10 nitrogen and oxygen atoms in total. The van der Waals surface area contributed by atoms with Gasteiger partial charge in [-0.3, -0.25) is 9.78 Å². The van der Waals surface area contributed by atoms with Crippen molar-refractivity contribution in [3.8, 4) is 28.4 Å². The lowest BCUT2D eigenvalue weighted by Crippen LogP contribution is -2.35. The first-order valence-electron chi connectivity index (χ1n) is 14.8. The van der Waals surface area contributed by atoms with E-state index in [1.165, 1.54) is 0 Å². The van der Waals surface area contributed by atoms with Crippen molar-refractivity contribution < 1.29 is 19.0 Å². The molecule has 0 spiro atoms. The minimum absolute atomic E-state index is 0.0895. The van der Waals surface area contributed by atoms with E-state index < -0.39 is 11.9 Å². The molecule has 1 amide bonds. The molecule has 5 N–H and O–H groups in total. The number of ether oxygens (including phenoxy) is 1. The second-order valence-electron chi connectivity index (χ2n) is 11.0. The van der Waals surface area contributed by atoms with E-state index in [0.29, 0.717) is 65.2 Å². The molecule has 0 unspecified atom stereocenters. The van der Waals surface area contributed by atoms with Gasteiger partial charge in [-0.05, 0) is 50.1 Å². The summed E-state index contributed by atoms with van der Waals surface area (Å²) in [4.78, 5) is 25.0. The molecule has 5 rings (SSSR count). The van der Waals surface area contributed by atoms with Gasteiger partial charge in [0.1, 0.15) is 0 Å². The van der Waals surface area contributed by atoms with E-state index in [4.69, 9.17) is 21.3 Å². The molecule has 1 aliphatic heterocycles. The molecule has 0 saturated carbocycles. The van der Waals surface area contributed by atoms with Gasteiger partial charge in [0.05, 0.1) is 29.6 Å². The topological polar surface area (TPSA) is 133 Å². The predicted molar refractivity (Wildman–Crippen MR) is 173 cm³/mol. The molecule has 12 heteroatoms. The van der Waals surface area contributed by atoms with Crippen LogP contribution in [0.15, 0.2) is 54.9 Å². The summed E-state index contributed by atoms with van der Waals surface area (Å²) >= 11 is 6.97. The number of carbonyl (C=O) groups excluding carboxylic acids is 1. The maximum absolute atomic E-state index is 15.3. The summed E-state index contributed by atoms with van der Waals surface area (Å²) in [5, 5.41) is 22.4. The Labute approximate surface area is 266 Å². The number of carbonyl (C=O) groups is 1. The molecule has 45 heavy (non-hydrogen) atoms. The maximum Gasteiger partial charge on any atom is 0.220 e. The van der Waals surface area contributed by atoms with Crippen molar-refractivity contribution >= 4 is 29.0 Å². The molecule has 1 aliphatic rings. The maximum atomic E-state index is 15.3. The fraction of sp³-hybridized carbons (Fsp3) is 0.333. The highest BCUT2D eigenvalue weighted by Crippen LogP contribution is 2.38. The average molecular weight is 634 g/mol. The lowest BCUT2D eigenvalue weighted by Gasteiger charge is -2.16. The van der Waals surface area contributed by atoms with E-state index in [0.717, 1.165) is 23.1 Å². The standard InChI is InChI=1S/C33H37ClFN7O3/c1-19(43)15-36-16-21-11-13-39-32(30(21)35)41-26-6-4-5-24(20(26)2)31-29(34)25(12-14-38-31)27-9-7-22(33(42-27)45-3)17-37-18-23-8-10-28(44)40-23/h4-7,9,11-14,19,23,36-37,43H,8,10,15-18H2,1-3H3,(H,39,41)(H,40,44)/t19-,23-/m0/s1. The summed E-state index contributed by atoms with van der Waals surface area (Å²) in [5.74, 6) is 0.192. The van der Waals surface area contributed by atoms with Crippen molar-refractivity contribution in [3.05, 3.63) is 82.4 Å². The highest BCUT2D eigenvalue weighted by Gasteiger charge is 2.21. The third-order valence-electron chi connectivity index (χ3n) is 7.66. The van der Waals surface area contributed by atoms with Gasteiger partial charge in [0.2, 0.25) is 11.8 Å². The number of hydrogen-bond acceptors (Lipinski definition) is 9. The number of aromatic nitrogens is 3. The Bertz CT molecular complexity index is 1670. The zero-order valence-corrected chi connectivity index (χ0v) is 26.2. The molecule has 0 radical (unpaired) electrons. The van der Waals surface area contributed by atoms with Gasteiger partial charge >= 0.3 is 0 Å². The first-order valence-corrected chi connectivity index (χ1v) is 15.2. The number of nitrogens with zero attached hydrogens (tertiary/aromatic N) is 3. The van der Waals surface area contributed by atoms with E-state index in [-0.39, 0.29) is 24.3 Å². The number of rotatable bonds is 13. The Kier molecular flexibility index (Phi) is 10.6. The van der Waals surface area contributed by atoms with E-state index in [1.54, 1.807) is 32.5 Å². The summed E-state index contributed by atoms with van der Waals surface area (Å²) in [5.41, 5.74) is 5.44. The van der Waals surface area contributed by atoms with E-state index >= 15 is 4.39 Å². The highest BCUT2D eigenvalue weighted by atomic mass is 35.5. The first kappa shape index (κ1) is 32.2. The van der Waals surface area contributed by atoms with Gasteiger partial charge in [-0.1, -0.05) is 29.8 Å². The van der Waals surface area contributed by atoms with Crippen molar-refractivity contribution in [3.63, 3.8) is 0 Å². The lowest BCUT2D eigenvalue weighted by molar-refractivity contribution is -0.119. The average Bonchev–Trinajstić information content (AvgIpc) is 3.45. The van der Waals surface area contributed by atoms with Crippen LogP contribution in [-0.4, -0.2) is 58.3 Å². The van der Waals surface area contributed by atoms with Gasteiger partial charge < -0.3 is 31.1 Å². The number of methoxy groups -OCH3 is 1. The van der Waals surface area contributed by atoms with Crippen LogP contribution < -0.4 is 26.0 Å². The normalized spacial score (nSPS) is 15.2. The van der Waals surface area contributed by atoms with Crippen LogP contribution in [0.2, 0.25) is 5.02 Å². The monoisotopic (exact) mass is 633 g/mol. The largest absolute Gasteiger partial charge is 0.481 e. The van der Waals surface area contributed by atoms with Crippen LogP contribution in [0, 0.1) is 12.7 Å². The Morgan fingerprint density at radius 2 is 1.89 bits per heavy atom. The summed E-state index contributed by atoms with van der Waals surface area (Å²) in [6, 6.07) is 13.0. The van der Waals surface area contributed by atoms with Gasteiger partial charge in [0.25, 0.3) is 0 Å². The highest BCUT2D eigenvalue weighted by molar-refractivity contribution is 6.35. The van der Waals surface area contributed by atoms with Crippen LogP contribution in [0.5, 0.6) is 5.88 Å². The third kappa shape index (κ3) is 7.74. The summed E-state index contributed by atoms with van der Waals surface area (Å²) in [7, 11) is 1.58. The van der Waals surface area contributed by atoms with Crippen molar-refractivity contribution in [1.29, 1.82) is 0 Å². The quantitative estimate of drug-likeness (QED) is 0.139. The Balaban J connectivity index is 1.36. The summed E-state index contributed by atoms with van der Waals surface area (Å²) in [6.07, 6.45) is 4.08. The molecular weight excluding hydrogens is 597 g/mol. The fourth-order valence-electron chi connectivity index (χ4n) is 5.25. The van der Waals surface area contributed by atoms with Gasteiger partial charge in [0.15, 0.2) is 11.6 Å². The second-order valence-corrected chi connectivity index (χ2v) is 11.4. The van der Waals surface area contributed by atoms with Gasteiger partial charge in [-0.2, -0.15) is 0 Å². The summed E-state index contributed by atoms with van der Waals surface area (Å²) in [6.45, 7) is 5.39. The number of hydrogen-bond donors (Lipinski definition) is 5. The Morgan fingerprint density at radius 3 is 2.64 bits per heavy atom. The van der Waals surface area contributed by atoms with Crippen LogP contribution in [0.25, 0.3) is 22.5 Å². The van der Waals surface area contributed by atoms with E-state index in [9.17, 15) is 9.90 Å². The van der Waals surface area contributed by atoms with Crippen molar-refractivity contribution in [2.45, 2.75) is 51.9 Å². The molecule has 1 fully saturated rings. The number of amides is 1. The van der Waals surface area contributed by atoms with E-state index in [1.807, 2.05) is 43.3 Å². The molecule has 2 atom stereocenters. The Hall–Kier alpha value is -4.16. The minimum atomic E-state index is -0.532.